The number of oxime groups is 1. The topological polar surface area (TPSA) is 21.6 Å². The molecule has 0 bridgehead atoms. The molecular formula is C17H14Cl3NO. The van der Waals surface area contributed by atoms with Crippen LogP contribution in [0.25, 0.3) is 0 Å². The minimum absolute atomic E-state index is 0.452. The Labute approximate surface area is 144 Å². The first-order chi connectivity index (χ1) is 10.5. The van der Waals surface area contributed by atoms with Gasteiger partial charge in [-0.1, -0.05) is 65.1 Å². The van der Waals surface area contributed by atoms with Crippen molar-refractivity contribution in [2.75, 3.05) is 0 Å². The molecule has 0 saturated heterocycles. The Kier molecular flexibility index (Phi) is 4.35. The second kappa shape index (κ2) is 6.11. The van der Waals surface area contributed by atoms with E-state index >= 15 is 0 Å². The SMILES string of the molecule is CC[C@@]1(c2ccc(Cl)cc2)CC(c2ccc(Cl)c(Cl)c2)=NO1. The van der Waals surface area contributed by atoms with Gasteiger partial charge in [0.2, 0.25) is 0 Å². The lowest BCUT2D eigenvalue weighted by molar-refractivity contribution is -0.0263. The van der Waals surface area contributed by atoms with Crippen molar-refractivity contribution in [1.82, 2.24) is 0 Å². The molecule has 1 heterocycles. The molecule has 1 aliphatic rings. The van der Waals surface area contributed by atoms with Gasteiger partial charge in [0.25, 0.3) is 0 Å². The summed E-state index contributed by atoms with van der Waals surface area (Å²) in [5.41, 5.74) is 2.42. The van der Waals surface area contributed by atoms with Crippen molar-refractivity contribution in [1.29, 1.82) is 0 Å². The van der Waals surface area contributed by atoms with Crippen LogP contribution in [0, 0.1) is 0 Å². The average molecular weight is 355 g/mol. The van der Waals surface area contributed by atoms with Gasteiger partial charge in [0.1, 0.15) is 0 Å². The van der Waals surface area contributed by atoms with Crippen molar-refractivity contribution in [2.24, 2.45) is 5.16 Å². The van der Waals surface area contributed by atoms with E-state index in [-0.39, 0.29) is 0 Å². The summed E-state index contributed by atoms with van der Waals surface area (Å²) in [4.78, 5) is 5.82. The van der Waals surface area contributed by atoms with Gasteiger partial charge in [-0.05, 0) is 36.2 Å². The molecule has 0 fully saturated rings. The van der Waals surface area contributed by atoms with Gasteiger partial charge in [0.15, 0.2) is 5.60 Å². The first kappa shape index (κ1) is 15.7. The fourth-order valence-electron chi connectivity index (χ4n) is 2.61. The first-order valence-electron chi connectivity index (χ1n) is 7.00. The van der Waals surface area contributed by atoms with Crippen molar-refractivity contribution in [3.63, 3.8) is 0 Å². The number of halogens is 3. The number of nitrogens with zero attached hydrogens (tertiary/aromatic N) is 1. The van der Waals surface area contributed by atoms with E-state index in [0.717, 1.165) is 23.3 Å². The van der Waals surface area contributed by atoms with Crippen LogP contribution in [-0.2, 0) is 10.4 Å². The van der Waals surface area contributed by atoms with Gasteiger partial charge in [0.05, 0.1) is 15.8 Å². The van der Waals surface area contributed by atoms with Crippen LogP contribution < -0.4 is 0 Å². The summed E-state index contributed by atoms with van der Waals surface area (Å²) in [6.45, 7) is 2.09. The van der Waals surface area contributed by atoms with Crippen molar-refractivity contribution in [3.8, 4) is 0 Å². The normalized spacial score (nSPS) is 20.6. The summed E-state index contributed by atoms with van der Waals surface area (Å²) in [5, 5.41) is 6.04. The predicted octanol–water partition coefficient (Wildman–Crippen LogP) is 6.08. The quantitative estimate of drug-likeness (QED) is 0.655. The lowest BCUT2D eigenvalue weighted by Gasteiger charge is -2.25. The Bertz CT molecular complexity index is 727. The summed E-state index contributed by atoms with van der Waals surface area (Å²) in [6, 6.07) is 13.2. The van der Waals surface area contributed by atoms with Crippen LogP contribution in [0.15, 0.2) is 47.6 Å². The van der Waals surface area contributed by atoms with Crippen molar-refractivity contribution < 1.29 is 4.84 Å². The highest BCUT2D eigenvalue weighted by molar-refractivity contribution is 6.42. The van der Waals surface area contributed by atoms with Gasteiger partial charge in [0, 0.05) is 17.0 Å². The Hall–Kier alpha value is -1.22. The summed E-state index contributed by atoms with van der Waals surface area (Å²) < 4.78 is 0. The third kappa shape index (κ3) is 2.83. The maximum absolute atomic E-state index is 6.09. The molecule has 0 N–H and O–H groups in total. The molecule has 0 aliphatic carbocycles. The van der Waals surface area contributed by atoms with E-state index in [1.807, 2.05) is 36.4 Å². The molecule has 2 aromatic carbocycles. The maximum atomic E-state index is 6.09. The van der Waals surface area contributed by atoms with Crippen LogP contribution in [0.5, 0.6) is 0 Å². The zero-order chi connectivity index (χ0) is 15.7. The number of hydrogen-bond acceptors (Lipinski definition) is 2. The fraction of sp³-hybridized carbons (Fsp3) is 0.235. The Morgan fingerprint density at radius 1 is 1.05 bits per heavy atom. The van der Waals surface area contributed by atoms with Crippen molar-refractivity contribution in [2.45, 2.75) is 25.4 Å². The summed E-state index contributed by atoms with van der Waals surface area (Å²) >= 11 is 18.0. The summed E-state index contributed by atoms with van der Waals surface area (Å²) in [5.74, 6) is 0. The highest BCUT2D eigenvalue weighted by atomic mass is 35.5. The van der Waals surface area contributed by atoms with Gasteiger partial charge >= 0.3 is 0 Å². The molecule has 1 aliphatic heterocycles. The molecular weight excluding hydrogens is 341 g/mol. The van der Waals surface area contributed by atoms with Crippen molar-refractivity contribution in [3.05, 3.63) is 68.7 Å². The molecule has 0 aromatic heterocycles. The highest BCUT2D eigenvalue weighted by Gasteiger charge is 2.39. The van der Waals surface area contributed by atoms with Gasteiger partial charge in [-0.25, -0.2) is 0 Å². The average Bonchev–Trinajstić information content (AvgIpc) is 2.96. The fourth-order valence-corrected chi connectivity index (χ4v) is 3.03. The molecule has 0 radical (unpaired) electrons. The molecule has 3 rings (SSSR count). The predicted molar refractivity (Wildman–Crippen MR) is 92.1 cm³/mol. The van der Waals surface area contributed by atoms with E-state index in [1.165, 1.54) is 0 Å². The van der Waals surface area contributed by atoms with Crippen molar-refractivity contribution >= 4 is 40.5 Å². The molecule has 2 nitrogen and oxygen atoms in total. The number of hydrogen-bond donors (Lipinski definition) is 0. The van der Waals surface area contributed by atoms with Gasteiger partial charge in [-0.15, -0.1) is 0 Å². The lowest BCUT2D eigenvalue weighted by atomic mass is 9.85. The Morgan fingerprint density at radius 3 is 2.41 bits per heavy atom. The molecule has 0 saturated carbocycles. The highest BCUT2D eigenvalue weighted by Crippen LogP contribution is 2.40. The van der Waals surface area contributed by atoms with E-state index in [1.54, 1.807) is 6.07 Å². The molecule has 1 atom stereocenters. The molecule has 5 heteroatoms. The molecule has 114 valence electrons. The van der Waals surface area contributed by atoms with Crippen LogP contribution >= 0.6 is 34.8 Å². The van der Waals surface area contributed by atoms with E-state index in [2.05, 4.69) is 12.1 Å². The largest absolute Gasteiger partial charge is 0.384 e. The summed E-state index contributed by atoms with van der Waals surface area (Å²) in [7, 11) is 0. The zero-order valence-electron chi connectivity index (χ0n) is 11.9. The lowest BCUT2D eigenvalue weighted by Crippen LogP contribution is -2.25. The minimum atomic E-state index is -0.452. The van der Waals surface area contributed by atoms with E-state index in [9.17, 15) is 0 Å². The van der Waals surface area contributed by atoms with Gasteiger partial charge in [-0.3, -0.25) is 0 Å². The summed E-state index contributed by atoms with van der Waals surface area (Å²) in [6.07, 6.45) is 1.49. The molecule has 2 aromatic rings. The standard InChI is InChI=1S/C17H14Cl3NO/c1-2-17(12-4-6-13(18)7-5-12)10-16(21-22-17)11-3-8-14(19)15(20)9-11/h3-9H,2,10H2,1H3/t17-/m0/s1. The molecule has 0 spiro atoms. The van der Waals surface area contributed by atoms with E-state index in [4.69, 9.17) is 39.6 Å². The Morgan fingerprint density at radius 2 is 1.77 bits per heavy atom. The minimum Gasteiger partial charge on any atom is -0.384 e. The first-order valence-corrected chi connectivity index (χ1v) is 8.14. The zero-order valence-corrected chi connectivity index (χ0v) is 14.2. The number of benzene rings is 2. The van der Waals surface area contributed by atoms with Gasteiger partial charge < -0.3 is 4.84 Å². The molecule has 22 heavy (non-hydrogen) atoms. The van der Waals surface area contributed by atoms with Gasteiger partial charge in [-0.2, -0.15) is 0 Å². The van der Waals surface area contributed by atoms with Crippen LogP contribution in [0.1, 0.15) is 30.9 Å². The second-order valence-electron chi connectivity index (χ2n) is 5.29. The monoisotopic (exact) mass is 353 g/mol. The number of rotatable bonds is 3. The van der Waals surface area contributed by atoms with E-state index < -0.39 is 5.60 Å². The maximum Gasteiger partial charge on any atom is 0.168 e. The third-order valence-corrected chi connectivity index (χ3v) is 4.97. The van der Waals surface area contributed by atoms with E-state index in [0.29, 0.717) is 21.5 Å². The molecule has 0 unspecified atom stereocenters. The third-order valence-electron chi connectivity index (χ3n) is 3.98. The molecule has 0 amide bonds. The van der Waals surface area contributed by atoms with Crippen LogP contribution in [0.4, 0.5) is 0 Å². The van der Waals surface area contributed by atoms with Crippen LogP contribution in [0.3, 0.4) is 0 Å². The van der Waals surface area contributed by atoms with Crippen LogP contribution in [-0.4, -0.2) is 5.71 Å². The van der Waals surface area contributed by atoms with Crippen LogP contribution in [0.2, 0.25) is 15.1 Å². The smallest absolute Gasteiger partial charge is 0.168 e. The Balaban J connectivity index is 1.90. The second-order valence-corrected chi connectivity index (χ2v) is 6.54.